The molecule has 0 aromatic heterocycles. The van der Waals surface area contributed by atoms with E-state index in [1.165, 1.54) is 11.0 Å². The predicted octanol–water partition coefficient (Wildman–Crippen LogP) is 4.21. The zero-order valence-corrected chi connectivity index (χ0v) is 11.7. The van der Waals surface area contributed by atoms with Gasteiger partial charge in [-0.2, -0.15) is 0 Å². The number of aliphatic hydroxyl groups excluding tert-OH is 1. The van der Waals surface area contributed by atoms with Crippen LogP contribution in [0.3, 0.4) is 0 Å². The summed E-state index contributed by atoms with van der Waals surface area (Å²) in [6.45, 7) is 2.10. The topological polar surface area (TPSA) is 20.2 Å². The first-order chi connectivity index (χ1) is 9.20. The molecule has 3 heteroatoms. The Hall–Kier alpha value is -1.32. The van der Waals surface area contributed by atoms with Crippen LogP contribution in [0.25, 0.3) is 0 Å². The normalized spacial score (nSPS) is 12.4. The molecular formula is C16H17FOS. The van der Waals surface area contributed by atoms with E-state index in [9.17, 15) is 9.50 Å². The fourth-order valence-electron chi connectivity index (χ4n) is 1.94. The number of aliphatic hydroxyl groups is 1. The molecule has 0 aliphatic carbocycles. The number of benzene rings is 2. The van der Waals surface area contributed by atoms with Crippen molar-refractivity contribution in [3.8, 4) is 0 Å². The third-order valence-electron chi connectivity index (χ3n) is 2.95. The SMILES string of the molecule is CCSc1ccc(C(O)Cc2ccccc2F)cc1. The van der Waals surface area contributed by atoms with Crippen LogP contribution in [0, 0.1) is 5.82 Å². The van der Waals surface area contributed by atoms with Crippen LogP contribution in [0.5, 0.6) is 0 Å². The van der Waals surface area contributed by atoms with Crippen LogP contribution in [-0.2, 0) is 6.42 Å². The van der Waals surface area contributed by atoms with Crippen LogP contribution in [0.1, 0.15) is 24.2 Å². The van der Waals surface area contributed by atoms with Crippen LogP contribution >= 0.6 is 11.8 Å². The second-order valence-corrected chi connectivity index (χ2v) is 5.65. The maximum absolute atomic E-state index is 13.5. The van der Waals surface area contributed by atoms with Gasteiger partial charge in [0.05, 0.1) is 6.10 Å². The summed E-state index contributed by atoms with van der Waals surface area (Å²) in [5, 5.41) is 10.1. The Kier molecular flexibility index (Phi) is 5.00. The van der Waals surface area contributed by atoms with Gasteiger partial charge in [-0.3, -0.25) is 0 Å². The summed E-state index contributed by atoms with van der Waals surface area (Å²) >= 11 is 1.76. The van der Waals surface area contributed by atoms with E-state index >= 15 is 0 Å². The lowest BCUT2D eigenvalue weighted by atomic mass is 10.0. The van der Waals surface area contributed by atoms with Gasteiger partial charge in [-0.05, 0) is 35.1 Å². The second kappa shape index (κ2) is 6.73. The third-order valence-corrected chi connectivity index (χ3v) is 3.84. The molecule has 0 spiro atoms. The van der Waals surface area contributed by atoms with Crippen molar-refractivity contribution < 1.29 is 9.50 Å². The molecule has 0 heterocycles. The molecule has 1 atom stereocenters. The molecule has 1 nitrogen and oxygen atoms in total. The Morgan fingerprint density at radius 3 is 2.42 bits per heavy atom. The van der Waals surface area contributed by atoms with Crippen LogP contribution < -0.4 is 0 Å². The smallest absolute Gasteiger partial charge is 0.126 e. The molecule has 0 aliphatic rings. The minimum absolute atomic E-state index is 0.264. The second-order valence-electron chi connectivity index (χ2n) is 4.31. The van der Waals surface area contributed by atoms with Gasteiger partial charge in [0, 0.05) is 11.3 Å². The average Bonchev–Trinajstić information content (AvgIpc) is 2.42. The van der Waals surface area contributed by atoms with Gasteiger partial charge in [-0.1, -0.05) is 37.3 Å². The van der Waals surface area contributed by atoms with Gasteiger partial charge < -0.3 is 5.11 Å². The van der Waals surface area contributed by atoms with Gasteiger partial charge in [-0.25, -0.2) is 4.39 Å². The van der Waals surface area contributed by atoms with E-state index in [4.69, 9.17) is 0 Å². The van der Waals surface area contributed by atoms with Crippen LogP contribution in [0.4, 0.5) is 4.39 Å². The Morgan fingerprint density at radius 1 is 1.11 bits per heavy atom. The van der Waals surface area contributed by atoms with Crippen molar-refractivity contribution >= 4 is 11.8 Å². The molecule has 2 aromatic carbocycles. The average molecular weight is 276 g/mol. The molecular weight excluding hydrogens is 259 g/mol. The Morgan fingerprint density at radius 2 is 1.79 bits per heavy atom. The molecule has 1 N–H and O–H groups in total. The number of hydrogen-bond donors (Lipinski definition) is 1. The van der Waals surface area contributed by atoms with E-state index in [1.807, 2.05) is 24.3 Å². The molecule has 0 amide bonds. The first-order valence-corrected chi connectivity index (χ1v) is 7.33. The molecule has 0 saturated heterocycles. The molecule has 1 unspecified atom stereocenters. The lowest BCUT2D eigenvalue weighted by Gasteiger charge is -2.12. The van der Waals surface area contributed by atoms with E-state index in [1.54, 1.807) is 30.0 Å². The minimum atomic E-state index is -0.669. The van der Waals surface area contributed by atoms with E-state index in [-0.39, 0.29) is 5.82 Å². The highest BCUT2D eigenvalue weighted by Gasteiger charge is 2.11. The van der Waals surface area contributed by atoms with Crippen molar-refractivity contribution in [1.82, 2.24) is 0 Å². The van der Waals surface area contributed by atoms with Crippen LogP contribution in [0.15, 0.2) is 53.4 Å². The summed E-state index contributed by atoms with van der Waals surface area (Å²) in [6, 6.07) is 14.4. The summed E-state index contributed by atoms with van der Waals surface area (Å²) in [7, 11) is 0. The van der Waals surface area contributed by atoms with E-state index in [0.717, 1.165) is 11.3 Å². The monoisotopic (exact) mass is 276 g/mol. The first-order valence-electron chi connectivity index (χ1n) is 6.35. The third kappa shape index (κ3) is 3.82. The Balaban J connectivity index is 2.07. The summed E-state index contributed by atoms with van der Waals surface area (Å²) < 4.78 is 13.5. The number of rotatable bonds is 5. The Labute approximate surface area is 117 Å². The Bertz CT molecular complexity index is 525. The summed E-state index contributed by atoms with van der Waals surface area (Å²) in [5.41, 5.74) is 1.37. The van der Waals surface area contributed by atoms with E-state index < -0.39 is 6.10 Å². The lowest BCUT2D eigenvalue weighted by molar-refractivity contribution is 0.177. The van der Waals surface area contributed by atoms with Crippen molar-refractivity contribution in [2.24, 2.45) is 0 Å². The van der Waals surface area contributed by atoms with Gasteiger partial charge in [0.1, 0.15) is 5.82 Å². The molecule has 0 fully saturated rings. The number of thioether (sulfide) groups is 1. The van der Waals surface area contributed by atoms with Crippen LogP contribution in [-0.4, -0.2) is 10.9 Å². The molecule has 0 radical (unpaired) electrons. The maximum atomic E-state index is 13.5. The zero-order chi connectivity index (χ0) is 13.7. The minimum Gasteiger partial charge on any atom is -0.388 e. The fraction of sp³-hybridized carbons (Fsp3) is 0.250. The number of hydrogen-bond acceptors (Lipinski definition) is 2. The van der Waals surface area contributed by atoms with Gasteiger partial charge in [0.15, 0.2) is 0 Å². The van der Waals surface area contributed by atoms with E-state index in [0.29, 0.717) is 12.0 Å². The summed E-state index contributed by atoms with van der Waals surface area (Å²) in [6.07, 6.45) is -0.370. The molecule has 100 valence electrons. The number of halogens is 1. The highest BCUT2D eigenvalue weighted by molar-refractivity contribution is 7.99. The zero-order valence-electron chi connectivity index (χ0n) is 10.8. The van der Waals surface area contributed by atoms with Crippen molar-refractivity contribution in [1.29, 1.82) is 0 Å². The molecule has 2 rings (SSSR count). The highest BCUT2D eigenvalue weighted by Crippen LogP contribution is 2.23. The molecule has 0 saturated carbocycles. The van der Waals surface area contributed by atoms with Crippen molar-refractivity contribution in [3.05, 3.63) is 65.5 Å². The summed E-state index contributed by atoms with van der Waals surface area (Å²) in [4.78, 5) is 1.18. The first kappa shape index (κ1) is 14.1. The van der Waals surface area contributed by atoms with Gasteiger partial charge in [0.25, 0.3) is 0 Å². The van der Waals surface area contributed by atoms with Crippen molar-refractivity contribution in [2.75, 3.05) is 5.75 Å². The summed E-state index contributed by atoms with van der Waals surface area (Å²) in [5.74, 6) is 0.761. The van der Waals surface area contributed by atoms with Gasteiger partial charge in [-0.15, -0.1) is 11.8 Å². The largest absolute Gasteiger partial charge is 0.388 e. The molecule has 2 aromatic rings. The van der Waals surface area contributed by atoms with E-state index in [2.05, 4.69) is 6.92 Å². The predicted molar refractivity (Wildman–Crippen MR) is 77.9 cm³/mol. The van der Waals surface area contributed by atoms with Crippen molar-refractivity contribution in [2.45, 2.75) is 24.3 Å². The van der Waals surface area contributed by atoms with Gasteiger partial charge in [0.2, 0.25) is 0 Å². The molecule has 19 heavy (non-hydrogen) atoms. The van der Waals surface area contributed by atoms with Gasteiger partial charge >= 0.3 is 0 Å². The standard InChI is InChI=1S/C16H17FOS/c1-2-19-14-9-7-12(8-10-14)16(18)11-13-5-3-4-6-15(13)17/h3-10,16,18H,2,11H2,1H3. The van der Waals surface area contributed by atoms with Crippen molar-refractivity contribution in [3.63, 3.8) is 0 Å². The lowest BCUT2D eigenvalue weighted by Crippen LogP contribution is -2.03. The fourth-order valence-corrected chi connectivity index (χ4v) is 2.60. The maximum Gasteiger partial charge on any atom is 0.126 e. The highest BCUT2D eigenvalue weighted by atomic mass is 32.2. The molecule has 0 aliphatic heterocycles. The molecule has 0 bridgehead atoms. The van der Waals surface area contributed by atoms with Crippen LogP contribution in [0.2, 0.25) is 0 Å². The quantitative estimate of drug-likeness (QED) is 0.825.